The van der Waals surface area contributed by atoms with E-state index < -0.39 is 30.1 Å². The van der Waals surface area contributed by atoms with Gasteiger partial charge >= 0.3 is 6.01 Å². The largest absolute Gasteiger partial charge is 0.550 e. The van der Waals surface area contributed by atoms with Crippen molar-refractivity contribution >= 4 is 11.9 Å². The highest BCUT2D eigenvalue weighted by molar-refractivity contribution is 5.80. The monoisotopic (exact) mass is 454 g/mol. The molecule has 13 nitrogen and oxygen atoms in total. The van der Waals surface area contributed by atoms with E-state index in [2.05, 4.69) is 25.8 Å². The Kier molecular flexibility index (Phi) is 5.71. The van der Waals surface area contributed by atoms with Crippen molar-refractivity contribution in [1.82, 2.24) is 35.1 Å². The van der Waals surface area contributed by atoms with Crippen LogP contribution >= 0.6 is 0 Å². The maximum atomic E-state index is 12.0. The molecule has 13 heteroatoms. The summed E-state index contributed by atoms with van der Waals surface area (Å²) in [6.45, 7) is 0.499. The number of hydrogen-bond donors (Lipinski definition) is 1. The van der Waals surface area contributed by atoms with E-state index in [1.54, 1.807) is 24.7 Å². The zero-order valence-electron chi connectivity index (χ0n) is 17.3. The molecule has 0 saturated carbocycles. The summed E-state index contributed by atoms with van der Waals surface area (Å²) in [6, 6.07) is 6.80. The second kappa shape index (κ2) is 8.96. The fraction of sp³-hybridized carbons (Fsp3) is 0.400. The van der Waals surface area contributed by atoms with Gasteiger partial charge in [-0.1, -0.05) is 5.10 Å². The first-order valence-electron chi connectivity index (χ1n) is 10.3. The first-order chi connectivity index (χ1) is 16.1. The number of nitrogens with zero attached hydrogens (tertiary/aromatic N) is 6. The summed E-state index contributed by atoms with van der Waals surface area (Å²) in [5, 5.41) is 25.1. The third-order valence-corrected chi connectivity index (χ3v) is 5.56. The maximum Gasteiger partial charge on any atom is 0.341 e. The van der Waals surface area contributed by atoms with Crippen LogP contribution in [0.1, 0.15) is 18.9 Å². The molecule has 0 unspecified atom stereocenters. The molecule has 3 aromatic rings. The highest BCUT2D eigenvalue weighted by atomic mass is 16.6. The lowest BCUT2D eigenvalue weighted by molar-refractivity contribution is -0.305. The van der Waals surface area contributed by atoms with Crippen molar-refractivity contribution in [3.63, 3.8) is 0 Å². The minimum absolute atomic E-state index is 0.162. The van der Waals surface area contributed by atoms with Gasteiger partial charge in [0.25, 0.3) is 0 Å². The molecule has 2 aromatic heterocycles. The van der Waals surface area contributed by atoms with E-state index in [4.69, 9.17) is 14.2 Å². The Bertz CT molecular complexity index is 1120. The number of ether oxygens (including phenoxy) is 3. The normalized spacial score (nSPS) is 23.9. The Morgan fingerprint density at radius 3 is 2.73 bits per heavy atom. The van der Waals surface area contributed by atoms with Crippen molar-refractivity contribution in [3.05, 3.63) is 43.0 Å². The van der Waals surface area contributed by atoms with Gasteiger partial charge in [-0.15, -0.1) is 0 Å². The molecule has 4 heterocycles. The predicted molar refractivity (Wildman–Crippen MR) is 106 cm³/mol. The van der Waals surface area contributed by atoms with Crippen LogP contribution in [0.15, 0.2) is 43.0 Å². The molecule has 0 spiro atoms. The van der Waals surface area contributed by atoms with Crippen molar-refractivity contribution in [3.8, 4) is 17.4 Å². The number of carboxylic acid groups (broad SMARTS) is 1. The van der Waals surface area contributed by atoms with Crippen molar-refractivity contribution in [2.75, 3.05) is 13.2 Å². The van der Waals surface area contributed by atoms with Gasteiger partial charge in [0.2, 0.25) is 5.91 Å². The molecule has 172 valence electrons. The van der Waals surface area contributed by atoms with Crippen LogP contribution in [0.25, 0.3) is 5.69 Å². The molecule has 1 N–H and O–H groups in total. The van der Waals surface area contributed by atoms with Crippen LogP contribution in [0.5, 0.6) is 11.8 Å². The summed E-state index contributed by atoms with van der Waals surface area (Å²) in [4.78, 5) is 26.6. The van der Waals surface area contributed by atoms with Crippen molar-refractivity contribution < 1.29 is 28.9 Å². The fourth-order valence-electron chi connectivity index (χ4n) is 3.97. The lowest BCUT2D eigenvalue weighted by Crippen LogP contribution is -2.44. The van der Waals surface area contributed by atoms with Gasteiger partial charge in [-0.05, 0) is 41.1 Å². The van der Waals surface area contributed by atoms with Crippen LogP contribution in [0.4, 0.5) is 0 Å². The molecular formula is C20H20N7O6-. The average molecular weight is 454 g/mol. The van der Waals surface area contributed by atoms with Gasteiger partial charge in [-0.3, -0.25) is 4.79 Å². The topological polar surface area (TPSA) is 158 Å². The van der Waals surface area contributed by atoms with Gasteiger partial charge in [-0.25, -0.2) is 4.98 Å². The number of aliphatic carboxylic acids is 1. The third-order valence-electron chi connectivity index (χ3n) is 5.56. The smallest absolute Gasteiger partial charge is 0.341 e. The number of carbonyl (C=O) groups is 2. The number of nitrogens with one attached hydrogen (secondary N) is 1. The summed E-state index contributed by atoms with van der Waals surface area (Å²) in [6.07, 6.45) is 3.93. The third kappa shape index (κ3) is 4.40. The van der Waals surface area contributed by atoms with Crippen molar-refractivity contribution in [2.45, 2.75) is 37.1 Å². The van der Waals surface area contributed by atoms with E-state index >= 15 is 0 Å². The van der Waals surface area contributed by atoms with Gasteiger partial charge in [0, 0.05) is 30.5 Å². The predicted octanol–water partition coefficient (Wildman–Crippen LogP) is -0.995. The number of hydrogen-bond acceptors (Lipinski definition) is 10. The van der Waals surface area contributed by atoms with Gasteiger partial charge in [0.1, 0.15) is 24.0 Å². The summed E-state index contributed by atoms with van der Waals surface area (Å²) >= 11 is 0. The second-order valence-corrected chi connectivity index (χ2v) is 7.68. The lowest BCUT2D eigenvalue weighted by atomic mass is 10.1. The number of aromatic nitrogens is 6. The molecule has 0 bridgehead atoms. The molecule has 2 fully saturated rings. The molecule has 2 aliphatic heterocycles. The van der Waals surface area contributed by atoms with E-state index in [0.29, 0.717) is 5.75 Å². The summed E-state index contributed by atoms with van der Waals surface area (Å²) < 4.78 is 21.0. The Hall–Kier alpha value is -3.84. The fourth-order valence-corrected chi connectivity index (χ4v) is 3.97. The molecule has 2 aliphatic rings. The number of benzene rings is 1. The Morgan fingerprint density at radius 2 is 1.97 bits per heavy atom. The van der Waals surface area contributed by atoms with Crippen LogP contribution in [0.2, 0.25) is 0 Å². The van der Waals surface area contributed by atoms with Crippen molar-refractivity contribution in [1.29, 1.82) is 0 Å². The minimum Gasteiger partial charge on any atom is -0.550 e. The number of tetrazole rings is 1. The van der Waals surface area contributed by atoms with Crippen LogP contribution in [0, 0.1) is 0 Å². The maximum absolute atomic E-state index is 12.0. The molecular weight excluding hydrogens is 434 g/mol. The Labute approximate surface area is 187 Å². The van der Waals surface area contributed by atoms with Crippen molar-refractivity contribution in [2.24, 2.45) is 0 Å². The number of fused-ring (bicyclic) bond motifs is 1. The number of carboxylic acids is 1. The number of rotatable bonds is 8. The van der Waals surface area contributed by atoms with Gasteiger partial charge < -0.3 is 34.0 Å². The molecule has 0 aliphatic carbocycles. The molecule has 1 aromatic carbocycles. The van der Waals surface area contributed by atoms with Crippen LogP contribution in [0.3, 0.4) is 0 Å². The highest BCUT2D eigenvalue weighted by Crippen LogP contribution is 2.36. The Morgan fingerprint density at radius 1 is 1.15 bits per heavy atom. The summed E-state index contributed by atoms with van der Waals surface area (Å²) in [5.74, 6) is -1.12. The van der Waals surface area contributed by atoms with Crippen LogP contribution in [-0.2, 0) is 19.1 Å². The molecule has 5 rings (SSSR count). The zero-order chi connectivity index (χ0) is 22.8. The van der Waals surface area contributed by atoms with Gasteiger partial charge in [0.05, 0.1) is 25.6 Å². The highest BCUT2D eigenvalue weighted by Gasteiger charge is 2.50. The molecule has 1 amide bonds. The zero-order valence-corrected chi connectivity index (χ0v) is 17.3. The molecule has 2 saturated heterocycles. The minimum atomic E-state index is -1.27. The number of carbonyl (C=O) groups excluding carboxylic acids is 2. The SMILES string of the molecule is O=C([O-])CCC(=O)N[C@H]1CO[C@H]2[C@@H]1OC[C@@H]2n1nnnc1Oc1ccc(-n2ccnc2)cc1. The first-order valence-corrected chi connectivity index (χ1v) is 10.3. The average Bonchev–Trinajstić information content (AvgIpc) is 3.59. The number of amides is 1. The lowest BCUT2D eigenvalue weighted by Gasteiger charge is -2.18. The second-order valence-electron chi connectivity index (χ2n) is 7.68. The van der Waals surface area contributed by atoms with Gasteiger partial charge in [0.15, 0.2) is 0 Å². The van der Waals surface area contributed by atoms with E-state index in [1.165, 1.54) is 4.68 Å². The molecule has 33 heavy (non-hydrogen) atoms. The standard InChI is InChI=1S/C20H21N7O6/c28-16(5-6-17(29)30)22-14-9-31-19-15(10-32-18(14)19)27-20(23-24-25-27)33-13-3-1-12(2-4-13)26-8-7-21-11-26/h1-4,7-8,11,14-15,18-19H,5-6,9-10H2,(H,22,28)(H,29,30)/p-1/t14-,15-,18+,19+/m0/s1. The first kappa shape index (κ1) is 21.0. The van der Waals surface area contributed by atoms with E-state index in [9.17, 15) is 14.7 Å². The van der Waals surface area contributed by atoms with E-state index in [-0.39, 0.29) is 38.1 Å². The Balaban J connectivity index is 1.23. The van der Waals surface area contributed by atoms with E-state index in [0.717, 1.165) is 5.69 Å². The number of imidazole rings is 1. The molecule has 0 radical (unpaired) electrons. The summed E-state index contributed by atoms with van der Waals surface area (Å²) in [7, 11) is 0. The van der Waals surface area contributed by atoms with E-state index in [1.807, 2.05) is 22.9 Å². The summed E-state index contributed by atoms with van der Waals surface area (Å²) in [5.41, 5.74) is 0.929. The van der Waals surface area contributed by atoms with Crippen LogP contribution < -0.4 is 15.2 Å². The molecule has 4 atom stereocenters. The van der Waals surface area contributed by atoms with Crippen LogP contribution in [-0.4, -0.2) is 73.1 Å². The van der Waals surface area contributed by atoms with Gasteiger partial charge in [-0.2, -0.15) is 4.68 Å². The quantitative estimate of drug-likeness (QED) is 0.448.